The summed E-state index contributed by atoms with van der Waals surface area (Å²) in [5, 5.41) is 11.9. The molecule has 0 aliphatic heterocycles. The molecule has 1 heterocycles. The molecule has 1 fully saturated rings. The van der Waals surface area contributed by atoms with E-state index in [9.17, 15) is 5.11 Å². The molecule has 1 saturated carbocycles. The van der Waals surface area contributed by atoms with Gasteiger partial charge in [0.05, 0.1) is 5.60 Å². The van der Waals surface area contributed by atoms with Crippen LogP contribution in [0.2, 0.25) is 0 Å². The molecule has 0 atom stereocenters. The maximum absolute atomic E-state index is 9.73. The minimum Gasteiger partial charge on any atom is -0.390 e. The first-order valence-electron chi connectivity index (χ1n) is 4.51. The van der Waals surface area contributed by atoms with Crippen LogP contribution in [0.1, 0.15) is 30.2 Å². The lowest BCUT2D eigenvalue weighted by Crippen LogP contribution is -2.10. The first-order valence-corrected chi connectivity index (χ1v) is 5.39. The van der Waals surface area contributed by atoms with Crippen molar-refractivity contribution in [1.29, 1.82) is 0 Å². The molecule has 0 aromatic carbocycles. The third-order valence-electron chi connectivity index (χ3n) is 2.54. The number of hydrogen-bond donors (Lipinski definition) is 1. The van der Waals surface area contributed by atoms with E-state index in [4.69, 9.17) is 0 Å². The Morgan fingerprint density at radius 1 is 1.58 bits per heavy atom. The fraction of sp³-hybridized carbons (Fsp3) is 0.600. The number of aryl methyl sites for hydroxylation is 1. The zero-order valence-corrected chi connectivity index (χ0v) is 8.16. The van der Waals surface area contributed by atoms with Gasteiger partial charge in [0.2, 0.25) is 0 Å². The molecule has 0 bridgehead atoms. The largest absolute Gasteiger partial charge is 0.390 e. The van der Waals surface area contributed by atoms with Gasteiger partial charge in [-0.05, 0) is 36.3 Å². The van der Waals surface area contributed by atoms with E-state index in [1.807, 2.05) is 0 Å². The highest BCUT2D eigenvalue weighted by Gasteiger charge is 2.40. The van der Waals surface area contributed by atoms with Crippen molar-refractivity contribution in [3.63, 3.8) is 0 Å². The average molecular weight is 182 g/mol. The van der Waals surface area contributed by atoms with Crippen LogP contribution in [0.5, 0.6) is 0 Å². The number of hydrogen-bond acceptors (Lipinski definition) is 2. The Hall–Kier alpha value is -0.340. The van der Waals surface area contributed by atoms with Gasteiger partial charge in [0.25, 0.3) is 0 Å². The predicted octanol–water partition coefficient (Wildman–Crippen LogP) is 2.38. The molecule has 2 heteroatoms. The van der Waals surface area contributed by atoms with E-state index in [0.717, 1.165) is 25.7 Å². The molecule has 2 rings (SSSR count). The highest BCUT2D eigenvalue weighted by Crippen LogP contribution is 2.40. The normalized spacial score (nSPS) is 19.5. The Bertz CT molecular complexity index is 273. The lowest BCUT2D eigenvalue weighted by atomic mass is 10.1. The molecule has 1 aliphatic carbocycles. The van der Waals surface area contributed by atoms with Crippen molar-refractivity contribution in [1.82, 2.24) is 0 Å². The third kappa shape index (κ3) is 1.54. The fourth-order valence-electron chi connectivity index (χ4n) is 1.46. The Labute approximate surface area is 77.0 Å². The first kappa shape index (κ1) is 8.27. The summed E-state index contributed by atoms with van der Waals surface area (Å²) in [7, 11) is 0. The van der Waals surface area contributed by atoms with Crippen molar-refractivity contribution >= 4 is 11.3 Å². The molecular formula is C10H14OS. The summed E-state index contributed by atoms with van der Waals surface area (Å²) < 4.78 is 0. The van der Waals surface area contributed by atoms with E-state index in [2.05, 4.69) is 18.4 Å². The third-order valence-corrected chi connectivity index (χ3v) is 3.50. The summed E-state index contributed by atoms with van der Waals surface area (Å²) in [5.74, 6) is 0. The Balaban J connectivity index is 2.11. The molecule has 1 N–H and O–H groups in total. The molecule has 0 spiro atoms. The van der Waals surface area contributed by atoms with E-state index in [-0.39, 0.29) is 5.60 Å². The van der Waals surface area contributed by atoms with Crippen molar-refractivity contribution in [2.75, 3.05) is 0 Å². The van der Waals surface area contributed by atoms with Crippen molar-refractivity contribution in [2.24, 2.45) is 0 Å². The van der Waals surface area contributed by atoms with Crippen molar-refractivity contribution in [3.05, 3.63) is 21.9 Å². The van der Waals surface area contributed by atoms with Crippen LogP contribution in [0.15, 0.2) is 11.4 Å². The van der Waals surface area contributed by atoms with Crippen LogP contribution in [-0.2, 0) is 12.8 Å². The summed E-state index contributed by atoms with van der Waals surface area (Å²) in [6.07, 6.45) is 3.96. The lowest BCUT2D eigenvalue weighted by molar-refractivity contribution is 0.151. The molecule has 1 aliphatic rings. The Morgan fingerprint density at radius 2 is 2.33 bits per heavy atom. The second-order valence-electron chi connectivity index (χ2n) is 3.62. The van der Waals surface area contributed by atoms with E-state index in [1.54, 1.807) is 11.3 Å². The first-order chi connectivity index (χ1) is 5.73. The fourth-order valence-corrected chi connectivity index (χ4v) is 2.57. The van der Waals surface area contributed by atoms with E-state index < -0.39 is 0 Å². The van der Waals surface area contributed by atoms with Gasteiger partial charge in [-0.2, -0.15) is 0 Å². The minimum atomic E-state index is -0.325. The van der Waals surface area contributed by atoms with Crippen LogP contribution in [-0.4, -0.2) is 10.7 Å². The van der Waals surface area contributed by atoms with Gasteiger partial charge in [0.1, 0.15) is 0 Å². The lowest BCUT2D eigenvalue weighted by Gasteiger charge is -2.06. The molecule has 0 unspecified atom stereocenters. The zero-order valence-electron chi connectivity index (χ0n) is 7.34. The van der Waals surface area contributed by atoms with Crippen LogP contribution in [0.25, 0.3) is 0 Å². The minimum absolute atomic E-state index is 0.325. The van der Waals surface area contributed by atoms with Crippen molar-refractivity contribution < 1.29 is 5.11 Å². The van der Waals surface area contributed by atoms with Crippen molar-refractivity contribution in [2.45, 2.75) is 38.2 Å². The highest BCUT2D eigenvalue weighted by atomic mass is 32.1. The van der Waals surface area contributed by atoms with E-state index in [0.29, 0.717) is 0 Å². The van der Waals surface area contributed by atoms with Gasteiger partial charge < -0.3 is 5.11 Å². The van der Waals surface area contributed by atoms with Gasteiger partial charge in [-0.1, -0.05) is 6.92 Å². The van der Waals surface area contributed by atoms with Crippen LogP contribution >= 0.6 is 11.3 Å². The molecule has 0 saturated heterocycles. The number of rotatable bonds is 3. The van der Waals surface area contributed by atoms with Crippen LogP contribution in [0.4, 0.5) is 0 Å². The average Bonchev–Trinajstić information content (AvgIpc) is 2.64. The summed E-state index contributed by atoms with van der Waals surface area (Å²) in [6.45, 7) is 2.17. The van der Waals surface area contributed by atoms with E-state index in [1.165, 1.54) is 10.4 Å². The van der Waals surface area contributed by atoms with Gasteiger partial charge in [-0.25, -0.2) is 0 Å². The van der Waals surface area contributed by atoms with Gasteiger partial charge in [-0.3, -0.25) is 0 Å². The van der Waals surface area contributed by atoms with Gasteiger partial charge in [-0.15, -0.1) is 11.3 Å². The van der Waals surface area contributed by atoms with Crippen LogP contribution in [0, 0.1) is 0 Å². The van der Waals surface area contributed by atoms with Gasteiger partial charge >= 0.3 is 0 Å². The Morgan fingerprint density at radius 3 is 2.92 bits per heavy atom. The SMILES string of the molecule is CCc1ccsc1CC1(O)CC1. The Kier molecular flexibility index (Phi) is 1.97. The van der Waals surface area contributed by atoms with Crippen LogP contribution < -0.4 is 0 Å². The molecule has 0 amide bonds. The molecule has 1 aromatic heterocycles. The zero-order chi connectivity index (χ0) is 8.60. The van der Waals surface area contributed by atoms with Crippen LogP contribution in [0.3, 0.4) is 0 Å². The summed E-state index contributed by atoms with van der Waals surface area (Å²) in [5.41, 5.74) is 1.09. The second-order valence-corrected chi connectivity index (χ2v) is 4.62. The molecule has 1 aromatic rings. The molecule has 0 radical (unpaired) electrons. The smallest absolute Gasteiger partial charge is 0.0698 e. The maximum atomic E-state index is 9.73. The number of aliphatic hydroxyl groups is 1. The van der Waals surface area contributed by atoms with E-state index >= 15 is 0 Å². The topological polar surface area (TPSA) is 20.2 Å². The molecule has 1 nitrogen and oxygen atoms in total. The summed E-state index contributed by atoms with van der Waals surface area (Å²) in [6, 6.07) is 2.17. The molecule has 66 valence electrons. The quantitative estimate of drug-likeness (QED) is 0.761. The van der Waals surface area contributed by atoms with Crippen molar-refractivity contribution in [3.8, 4) is 0 Å². The van der Waals surface area contributed by atoms with Gasteiger partial charge in [0.15, 0.2) is 0 Å². The highest BCUT2D eigenvalue weighted by molar-refractivity contribution is 7.10. The number of thiophene rings is 1. The van der Waals surface area contributed by atoms with Gasteiger partial charge in [0, 0.05) is 11.3 Å². The predicted molar refractivity (Wildman–Crippen MR) is 51.6 cm³/mol. The standard InChI is InChI=1S/C10H14OS/c1-2-8-3-6-12-9(8)7-10(11)4-5-10/h3,6,11H,2,4-5,7H2,1H3. The summed E-state index contributed by atoms with van der Waals surface area (Å²) >= 11 is 1.78. The maximum Gasteiger partial charge on any atom is 0.0698 e. The second kappa shape index (κ2) is 2.86. The monoisotopic (exact) mass is 182 g/mol. The molecular weight excluding hydrogens is 168 g/mol. The molecule has 12 heavy (non-hydrogen) atoms. The summed E-state index contributed by atoms with van der Waals surface area (Å²) in [4.78, 5) is 1.39.